The lowest BCUT2D eigenvalue weighted by Crippen LogP contribution is -2.41. The summed E-state index contributed by atoms with van der Waals surface area (Å²) in [5.74, 6) is 0.438. The van der Waals surface area contributed by atoms with E-state index in [1.807, 2.05) is 6.92 Å². The van der Waals surface area contributed by atoms with Crippen LogP contribution in [0, 0.1) is 12.8 Å². The van der Waals surface area contributed by atoms with Gasteiger partial charge in [-0.25, -0.2) is 8.42 Å². The smallest absolute Gasteiger partial charge is 0.254 e. The quantitative estimate of drug-likeness (QED) is 0.819. The Hall–Kier alpha value is -1.44. The molecule has 6 nitrogen and oxygen atoms in total. The SMILES string of the molecule is Cc1ccc(S(=O)(=O)N2CCC(C)CC2)cc1C(=O)N1CCOCC1. The number of carbonyl (C=O) groups is 1. The molecule has 2 aliphatic heterocycles. The molecule has 0 aliphatic carbocycles. The van der Waals surface area contributed by atoms with Crippen LogP contribution in [0.4, 0.5) is 0 Å². The average Bonchev–Trinajstić information content (AvgIpc) is 2.62. The molecule has 2 fully saturated rings. The third kappa shape index (κ3) is 3.88. The molecular weight excluding hydrogens is 340 g/mol. The van der Waals surface area contributed by atoms with Gasteiger partial charge < -0.3 is 9.64 Å². The van der Waals surface area contributed by atoms with Gasteiger partial charge in [0.1, 0.15) is 0 Å². The fourth-order valence-electron chi connectivity index (χ4n) is 3.30. The van der Waals surface area contributed by atoms with Crippen LogP contribution < -0.4 is 0 Å². The van der Waals surface area contributed by atoms with Crippen LogP contribution in [0.2, 0.25) is 0 Å². The highest BCUT2D eigenvalue weighted by atomic mass is 32.2. The zero-order valence-electron chi connectivity index (χ0n) is 14.9. The van der Waals surface area contributed by atoms with E-state index in [4.69, 9.17) is 4.74 Å². The minimum atomic E-state index is -3.55. The van der Waals surface area contributed by atoms with E-state index < -0.39 is 10.0 Å². The van der Waals surface area contributed by atoms with Gasteiger partial charge in [-0.05, 0) is 43.4 Å². The van der Waals surface area contributed by atoms with Gasteiger partial charge in [-0.2, -0.15) is 4.31 Å². The number of hydrogen-bond acceptors (Lipinski definition) is 4. The lowest BCUT2D eigenvalue weighted by Gasteiger charge is -2.30. The van der Waals surface area contributed by atoms with E-state index in [2.05, 4.69) is 6.92 Å². The third-order valence-corrected chi connectivity index (χ3v) is 7.01. The summed E-state index contributed by atoms with van der Waals surface area (Å²) in [4.78, 5) is 14.7. The Balaban J connectivity index is 1.86. The monoisotopic (exact) mass is 366 g/mol. The van der Waals surface area contributed by atoms with Crippen molar-refractivity contribution in [3.63, 3.8) is 0 Å². The molecule has 0 bridgehead atoms. The zero-order valence-corrected chi connectivity index (χ0v) is 15.7. The number of rotatable bonds is 3. The van der Waals surface area contributed by atoms with Crippen LogP contribution in [0.3, 0.4) is 0 Å². The van der Waals surface area contributed by atoms with Gasteiger partial charge in [0.25, 0.3) is 5.91 Å². The molecule has 0 radical (unpaired) electrons. The van der Waals surface area contributed by atoms with Crippen LogP contribution in [-0.2, 0) is 14.8 Å². The van der Waals surface area contributed by atoms with Gasteiger partial charge in [0.15, 0.2) is 0 Å². The number of ether oxygens (including phenoxy) is 1. The van der Waals surface area contributed by atoms with E-state index in [-0.39, 0.29) is 10.8 Å². The number of sulfonamides is 1. The third-order valence-electron chi connectivity index (χ3n) is 5.12. The van der Waals surface area contributed by atoms with Crippen LogP contribution >= 0.6 is 0 Å². The molecule has 1 aromatic carbocycles. The Morgan fingerprint density at radius 1 is 1.12 bits per heavy atom. The molecule has 138 valence electrons. The fraction of sp³-hybridized carbons (Fsp3) is 0.611. The second-order valence-electron chi connectivity index (χ2n) is 6.97. The number of benzene rings is 1. The van der Waals surface area contributed by atoms with Crippen molar-refractivity contribution in [3.05, 3.63) is 29.3 Å². The number of carbonyl (C=O) groups excluding carboxylic acids is 1. The first kappa shape index (κ1) is 18.4. The van der Waals surface area contributed by atoms with Gasteiger partial charge in [-0.3, -0.25) is 4.79 Å². The van der Waals surface area contributed by atoms with E-state index in [9.17, 15) is 13.2 Å². The Kier molecular flexibility index (Phi) is 5.46. The van der Waals surface area contributed by atoms with Gasteiger partial charge in [0, 0.05) is 31.7 Å². The molecule has 1 amide bonds. The minimum absolute atomic E-state index is 0.120. The van der Waals surface area contributed by atoms with E-state index in [0.29, 0.717) is 50.9 Å². The maximum Gasteiger partial charge on any atom is 0.254 e. The van der Waals surface area contributed by atoms with Crippen molar-refractivity contribution >= 4 is 15.9 Å². The summed E-state index contributed by atoms with van der Waals surface area (Å²) in [5, 5.41) is 0. The number of hydrogen-bond donors (Lipinski definition) is 0. The summed E-state index contributed by atoms with van der Waals surface area (Å²) in [7, 11) is -3.55. The molecule has 0 saturated carbocycles. The van der Waals surface area contributed by atoms with Gasteiger partial charge in [0.2, 0.25) is 10.0 Å². The maximum atomic E-state index is 12.9. The number of amides is 1. The Labute approximate surface area is 149 Å². The van der Waals surface area contributed by atoms with E-state index in [0.717, 1.165) is 18.4 Å². The van der Waals surface area contributed by atoms with Gasteiger partial charge in [-0.15, -0.1) is 0 Å². The van der Waals surface area contributed by atoms with Gasteiger partial charge in [0.05, 0.1) is 18.1 Å². The van der Waals surface area contributed by atoms with Crippen LogP contribution in [0.15, 0.2) is 23.1 Å². The molecule has 1 aromatic rings. The largest absolute Gasteiger partial charge is 0.378 e. The van der Waals surface area contributed by atoms with Crippen molar-refractivity contribution in [1.29, 1.82) is 0 Å². The normalized spacial score (nSPS) is 20.6. The minimum Gasteiger partial charge on any atom is -0.378 e. The Morgan fingerprint density at radius 3 is 2.40 bits per heavy atom. The summed E-state index contributed by atoms with van der Waals surface area (Å²) < 4.78 is 32.7. The molecular formula is C18H26N2O4S. The predicted octanol–water partition coefficient (Wildman–Crippen LogP) is 1.89. The molecule has 2 saturated heterocycles. The fourth-order valence-corrected chi connectivity index (χ4v) is 4.80. The summed E-state index contributed by atoms with van der Waals surface area (Å²) in [6.07, 6.45) is 1.76. The van der Waals surface area contributed by atoms with Crippen molar-refractivity contribution in [2.24, 2.45) is 5.92 Å². The zero-order chi connectivity index (χ0) is 18.0. The molecule has 2 heterocycles. The topological polar surface area (TPSA) is 66.9 Å². The molecule has 25 heavy (non-hydrogen) atoms. The lowest BCUT2D eigenvalue weighted by atomic mass is 10.0. The van der Waals surface area contributed by atoms with Gasteiger partial charge in [-0.1, -0.05) is 13.0 Å². The molecule has 0 aromatic heterocycles. The molecule has 7 heteroatoms. The van der Waals surface area contributed by atoms with E-state index in [1.54, 1.807) is 27.4 Å². The van der Waals surface area contributed by atoms with Crippen molar-refractivity contribution in [2.45, 2.75) is 31.6 Å². The van der Waals surface area contributed by atoms with Crippen LogP contribution in [-0.4, -0.2) is 62.9 Å². The molecule has 0 unspecified atom stereocenters. The summed E-state index contributed by atoms with van der Waals surface area (Å²) in [5.41, 5.74) is 1.26. The highest BCUT2D eigenvalue weighted by Crippen LogP contribution is 2.25. The number of nitrogens with zero attached hydrogens (tertiary/aromatic N) is 2. The Bertz CT molecular complexity index is 733. The summed E-state index contributed by atoms with van der Waals surface area (Å²) >= 11 is 0. The van der Waals surface area contributed by atoms with E-state index in [1.165, 1.54) is 0 Å². The highest BCUT2D eigenvalue weighted by Gasteiger charge is 2.29. The average molecular weight is 366 g/mol. The second-order valence-corrected chi connectivity index (χ2v) is 8.91. The molecule has 2 aliphatic rings. The number of aryl methyl sites for hydroxylation is 1. The van der Waals surface area contributed by atoms with Crippen molar-refractivity contribution in [1.82, 2.24) is 9.21 Å². The number of morpholine rings is 1. The predicted molar refractivity (Wildman–Crippen MR) is 95.1 cm³/mol. The lowest BCUT2D eigenvalue weighted by molar-refractivity contribution is 0.0302. The summed E-state index contributed by atoms with van der Waals surface area (Å²) in [6.45, 7) is 7.21. The summed E-state index contributed by atoms with van der Waals surface area (Å²) in [6, 6.07) is 4.88. The van der Waals surface area contributed by atoms with E-state index >= 15 is 0 Å². The second kappa shape index (κ2) is 7.43. The van der Waals surface area contributed by atoms with Crippen LogP contribution in [0.5, 0.6) is 0 Å². The molecule has 0 spiro atoms. The molecule has 0 atom stereocenters. The van der Waals surface area contributed by atoms with Crippen molar-refractivity contribution in [3.8, 4) is 0 Å². The van der Waals surface area contributed by atoms with Crippen LogP contribution in [0.25, 0.3) is 0 Å². The van der Waals surface area contributed by atoms with Crippen molar-refractivity contribution < 1.29 is 17.9 Å². The first-order valence-corrected chi connectivity index (χ1v) is 10.3. The highest BCUT2D eigenvalue weighted by molar-refractivity contribution is 7.89. The number of piperidine rings is 1. The van der Waals surface area contributed by atoms with Crippen molar-refractivity contribution in [2.75, 3.05) is 39.4 Å². The first-order valence-electron chi connectivity index (χ1n) is 8.87. The standard InChI is InChI=1S/C18H26N2O4S/c1-14-5-7-20(8-6-14)25(22,23)16-4-3-15(2)17(13-16)18(21)19-9-11-24-12-10-19/h3-4,13-14H,5-12H2,1-2H3. The van der Waals surface area contributed by atoms with Crippen LogP contribution in [0.1, 0.15) is 35.7 Å². The van der Waals surface area contributed by atoms with Gasteiger partial charge >= 0.3 is 0 Å². The Morgan fingerprint density at radius 2 is 1.76 bits per heavy atom. The first-order chi connectivity index (χ1) is 11.9. The molecule has 0 N–H and O–H groups in total. The molecule has 3 rings (SSSR count). The maximum absolute atomic E-state index is 12.9.